The van der Waals surface area contributed by atoms with Crippen LogP contribution in [0.25, 0.3) is 0 Å². The third-order valence-electron chi connectivity index (χ3n) is 2.14. The van der Waals surface area contributed by atoms with Crippen molar-refractivity contribution < 1.29 is 0 Å². The molecule has 0 fully saturated rings. The molecule has 3 nitrogen and oxygen atoms in total. The third-order valence-corrected chi connectivity index (χ3v) is 3.76. The van der Waals surface area contributed by atoms with Crippen molar-refractivity contribution in [2.45, 2.75) is 19.5 Å². The minimum atomic E-state index is 0.251. The number of hydrogen-bond donors (Lipinski definition) is 2. The van der Waals surface area contributed by atoms with Crippen LogP contribution in [0.5, 0.6) is 0 Å². The van der Waals surface area contributed by atoms with Gasteiger partial charge >= 0.3 is 0 Å². The third kappa shape index (κ3) is 2.90. The molecule has 80 valence electrons. The van der Waals surface area contributed by atoms with Crippen molar-refractivity contribution in [3.63, 3.8) is 0 Å². The molecule has 0 aliphatic carbocycles. The summed E-state index contributed by atoms with van der Waals surface area (Å²) in [4.78, 5) is 8.63. The number of aromatic amines is 1. The molecular formula is C10H12BrN3S. The maximum absolute atomic E-state index is 4.21. The fourth-order valence-electron chi connectivity index (χ4n) is 1.31. The van der Waals surface area contributed by atoms with Crippen LogP contribution >= 0.6 is 27.3 Å². The monoisotopic (exact) mass is 285 g/mol. The average molecular weight is 286 g/mol. The number of rotatable bonds is 4. The summed E-state index contributed by atoms with van der Waals surface area (Å²) in [5.74, 6) is 0.977. The normalized spacial score (nSPS) is 12.9. The van der Waals surface area contributed by atoms with Crippen molar-refractivity contribution in [2.24, 2.45) is 0 Å². The Morgan fingerprint density at radius 2 is 2.47 bits per heavy atom. The molecular weight excluding hydrogens is 274 g/mol. The Morgan fingerprint density at radius 3 is 3.07 bits per heavy atom. The van der Waals surface area contributed by atoms with E-state index in [1.807, 2.05) is 6.20 Å². The summed E-state index contributed by atoms with van der Waals surface area (Å²) in [5.41, 5.74) is 0. The lowest BCUT2D eigenvalue weighted by atomic mass is 10.3. The van der Waals surface area contributed by atoms with Gasteiger partial charge in [-0.05, 0) is 35.0 Å². The van der Waals surface area contributed by atoms with E-state index in [9.17, 15) is 0 Å². The van der Waals surface area contributed by atoms with Gasteiger partial charge < -0.3 is 10.3 Å². The van der Waals surface area contributed by atoms with Crippen molar-refractivity contribution in [3.05, 3.63) is 39.0 Å². The van der Waals surface area contributed by atoms with Gasteiger partial charge in [-0.15, -0.1) is 11.3 Å². The van der Waals surface area contributed by atoms with Crippen LogP contribution in [0, 0.1) is 0 Å². The van der Waals surface area contributed by atoms with Crippen molar-refractivity contribution in [1.82, 2.24) is 15.3 Å². The largest absolute Gasteiger partial charge is 0.347 e. The second kappa shape index (κ2) is 4.92. The Bertz CT molecular complexity index is 410. The first-order chi connectivity index (χ1) is 7.25. The van der Waals surface area contributed by atoms with E-state index in [1.54, 1.807) is 17.5 Å². The van der Waals surface area contributed by atoms with Gasteiger partial charge in [0.2, 0.25) is 0 Å². The Labute approximate surface area is 101 Å². The number of imidazole rings is 1. The lowest BCUT2D eigenvalue weighted by molar-refractivity contribution is 0.554. The van der Waals surface area contributed by atoms with Crippen LogP contribution in [0.2, 0.25) is 0 Å². The quantitative estimate of drug-likeness (QED) is 0.906. The zero-order valence-electron chi connectivity index (χ0n) is 8.33. The van der Waals surface area contributed by atoms with Gasteiger partial charge in [0.15, 0.2) is 0 Å². The molecule has 0 amide bonds. The number of nitrogens with zero attached hydrogens (tertiary/aromatic N) is 1. The summed E-state index contributed by atoms with van der Waals surface area (Å²) in [6, 6.07) is 4.44. The first kappa shape index (κ1) is 10.9. The highest BCUT2D eigenvalue weighted by molar-refractivity contribution is 9.11. The molecule has 0 saturated heterocycles. The number of thiophene rings is 1. The van der Waals surface area contributed by atoms with E-state index in [0.717, 1.165) is 12.4 Å². The van der Waals surface area contributed by atoms with Gasteiger partial charge in [0.25, 0.3) is 0 Å². The van der Waals surface area contributed by atoms with Crippen LogP contribution in [0.1, 0.15) is 23.7 Å². The van der Waals surface area contributed by atoms with Crippen LogP contribution in [0.4, 0.5) is 0 Å². The van der Waals surface area contributed by atoms with Gasteiger partial charge in [0.1, 0.15) is 5.82 Å². The number of aromatic nitrogens is 2. The van der Waals surface area contributed by atoms with Gasteiger partial charge in [-0.25, -0.2) is 4.98 Å². The average Bonchev–Trinajstić information content (AvgIpc) is 2.84. The molecule has 0 spiro atoms. The summed E-state index contributed by atoms with van der Waals surface area (Å²) >= 11 is 5.20. The van der Waals surface area contributed by atoms with Gasteiger partial charge in [-0.2, -0.15) is 0 Å². The first-order valence-corrected chi connectivity index (χ1v) is 6.33. The summed E-state index contributed by atoms with van der Waals surface area (Å²) in [5, 5.41) is 3.41. The maximum atomic E-state index is 4.21. The van der Waals surface area contributed by atoms with Gasteiger partial charge in [0, 0.05) is 23.8 Å². The summed E-state index contributed by atoms with van der Waals surface area (Å²) < 4.78 is 1.17. The Balaban J connectivity index is 1.88. The molecule has 0 saturated carbocycles. The predicted octanol–water partition coefficient (Wildman–Crippen LogP) is 3.08. The number of nitrogens with one attached hydrogen (secondary N) is 2. The Hall–Kier alpha value is -0.650. The predicted molar refractivity (Wildman–Crippen MR) is 65.9 cm³/mol. The molecule has 1 atom stereocenters. The van der Waals surface area contributed by atoms with Crippen LogP contribution in [-0.2, 0) is 6.54 Å². The molecule has 2 heterocycles. The second-order valence-electron chi connectivity index (χ2n) is 3.28. The van der Waals surface area contributed by atoms with E-state index < -0.39 is 0 Å². The van der Waals surface area contributed by atoms with E-state index in [1.165, 1.54) is 8.66 Å². The highest BCUT2D eigenvalue weighted by Gasteiger charge is 2.07. The highest BCUT2D eigenvalue weighted by Crippen LogP contribution is 2.22. The minimum absolute atomic E-state index is 0.251. The zero-order chi connectivity index (χ0) is 10.7. The molecule has 2 rings (SSSR count). The minimum Gasteiger partial charge on any atom is -0.347 e. The summed E-state index contributed by atoms with van der Waals surface area (Å²) in [6.07, 6.45) is 3.62. The second-order valence-corrected chi connectivity index (χ2v) is 5.83. The molecule has 2 aromatic rings. The van der Waals surface area contributed by atoms with E-state index in [-0.39, 0.29) is 6.04 Å². The molecule has 0 aliphatic heterocycles. The van der Waals surface area contributed by atoms with Crippen molar-refractivity contribution in [2.75, 3.05) is 0 Å². The number of H-pyrrole nitrogens is 1. The Morgan fingerprint density at radius 1 is 1.60 bits per heavy atom. The summed E-state index contributed by atoms with van der Waals surface area (Å²) in [6.45, 7) is 2.97. The van der Waals surface area contributed by atoms with Gasteiger partial charge in [-0.3, -0.25) is 0 Å². The van der Waals surface area contributed by atoms with E-state index in [4.69, 9.17) is 0 Å². The maximum Gasteiger partial charge on any atom is 0.122 e. The fraction of sp³-hybridized carbons (Fsp3) is 0.300. The van der Waals surface area contributed by atoms with Crippen molar-refractivity contribution >= 4 is 27.3 Å². The lowest BCUT2D eigenvalue weighted by Crippen LogP contribution is -2.18. The molecule has 2 aromatic heterocycles. The fourth-order valence-corrected chi connectivity index (χ4v) is 2.75. The van der Waals surface area contributed by atoms with E-state index in [2.05, 4.69) is 50.3 Å². The molecule has 0 bridgehead atoms. The molecule has 0 aromatic carbocycles. The van der Waals surface area contributed by atoms with Crippen LogP contribution in [0.15, 0.2) is 28.3 Å². The van der Waals surface area contributed by atoms with E-state index in [0.29, 0.717) is 0 Å². The topological polar surface area (TPSA) is 40.7 Å². The molecule has 15 heavy (non-hydrogen) atoms. The van der Waals surface area contributed by atoms with Gasteiger partial charge in [-0.1, -0.05) is 0 Å². The van der Waals surface area contributed by atoms with E-state index >= 15 is 0 Å². The highest BCUT2D eigenvalue weighted by atomic mass is 79.9. The Kier molecular flexibility index (Phi) is 3.56. The number of hydrogen-bond acceptors (Lipinski definition) is 3. The standard InChI is InChI=1S/C10H12BrN3S/c1-7(10-12-4-5-13-10)14-6-8-2-3-9(11)15-8/h2-5,7,14H,6H2,1H3,(H,12,13). The molecule has 0 radical (unpaired) electrons. The SMILES string of the molecule is CC(NCc1ccc(Br)s1)c1ncc[nH]1. The van der Waals surface area contributed by atoms with Crippen molar-refractivity contribution in [1.29, 1.82) is 0 Å². The molecule has 2 N–H and O–H groups in total. The zero-order valence-corrected chi connectivity index (χ0v) is 10.7. The lowest BCUT2D eigenvalue weighted by Gasteiger charge is -2.09. The van der Waals surface area contributed by atoms with Crippen LogP contribution < -0.4 is 5.32 Å². The molecule has 5 heteroatoms. The molecule has 1 unspecified atom stereocenters. The van der Waals surface area contributed by atoms with Crippen LogP contribution in [0.3, 0.4) is 0 Å². The summed E-state index contributed by atoms with van der Waals surface area (Å²) in [7, 11) is 0. The first-order valence-electron chi connectivity index (χ1n) is 4.72. The molecule has 0 aliphatic rings. The van der Waals surface area contributed by atoms with Gasteiger partial charge in [0.05, 0.1) is 9.83 Å². The van der Waals surface area contributed by atoms with Crippen LogP contribution in [-0.4, -0.2) is 9.97 Å². The van der Waals surface area contributed by atoms with Crippen molar-refractivity contribution in [3.8, 4) is 0 Å². The number of halogens is 1. The smallest absolute Gasteiger partial charge is 0.122 e.